The molecule has 82 valence electrons. The van der Waals surface area contributed by atoms with E-state index < -0.39 is 36.4 Å². The molecule has 0 aliphatic carbocycles. The van der Waals surface area contributed by atoms with Crippen LogP contribution in [-0.2, 0) is 19.1 Å². The molecule has 0 saturated carbocycles. The van der Waals surface area contributed by atoms with E-state index in [1.165, 1.54) is 0 Å². The minimum absolute atomic E-state index is 0. The molecule has 0 atom stereocenters. The molecule has 0 unspecified atom stereocenters. The van der Waals surface area contributed by atoms with Crippen LogP contribution in [0.3, 0.4) is 0 Å². The van der Waals surface area contributed by atoms with Crippen molar-refractivity contribution in [3.8, 4) is 0 Å². The Kier molecular flexibility index (Phi) is 7.59. The fourth-order valence-electron chi connectivity index (χ4n) is 0.897. The fourth-order valence-corrected chi connectivity index (χ4v) is 0.897. The van der Waals surface area contributed by atoms with Gasteiger partial charge in [-0.15, -0.1) is 0 Å². The van der Waals surface area contributed by atoms with Gasteiger partial charge in [0.25, 0.3) is 0 Å². The predicted octanol–water partition coefficient (Wildman–Crippen LogP) is -4.04. The largest absolute Gasteiger partial charge is 1.00 e. The zero-order chi connectivity index (χ0) is 11.4. The SMILES string of the molecule is COC(=O)C(O)(CC(=O)O)CC(=O)O.[H-].[Na+]. The summed E-state index contributed by atoms with van der Waals surface area (Å²) >= 11 is 0. The topological polar surface area (TPSA) is 121 Å². The second kappa shape index (κ2) is 6.78. The first-order valence-electron chi connectivity index (χ1n) is 3.56. The Bertz CT molecular complexity index is 251. The number of esters is 1. The second-order valence-corrected chi connectivity index (χ2v) is 2.66. The first-order valence-corrected chi connectivity index (χ1v) is 3.56. The first kappa shape index (κ1) is 16.8. The molecule has 0 fully saturated rings. The summed E-state index contributed by atoms with van der Waals surface area (Å²) in [6.07, 6.45) is -2.02. The summed E-state index contributed by atoms with van der Waals surface area (Å²) in [5.41, 5.74) is -2.51. The smallest absolute Gasteiger partial charge is 1.00 e. The molecule has 3 N–H and O–H groups in total. The molecular weight excluding hydrogens is 219 g/mol. The molecule has 8 heteroatoms. The Morgan fingerprint density at radius 1 is 1.20 bits per heavy atom. The van der Waals surface area contributed by atoms with Crippen molar-refractivity contribution in [3.05, 3.63) is 0 Å². The van der Waals surface area contributed by atoms with Crippen LogP contribution in [0.5, 0.6) is 0 Å². The van der Waals surface area contributed by atoms with Crippen molar-refractivity contribution in [2.75, 3.05) is 7.11 Å². The number of aliphatic hydroxyl groups is 1. The van der Waals surface area contributed by atoms with Gasteiger partial charge >= 0.3 is 47.5 Å². The third-order valence-electron chi connectivity index (χ3n) is 1.45. The van der Waals surface area contributed by atoms with Crippen molar-refractivity contribution >= 4 is 17.9 Å². The van der Waals surface area contributed by atoms with E-state index >= 15 is 0 Å². The third-order valence-corrected chi connectivity index (χ3v) is 1.45. The molecule has 15 heavy (non-hydrogen) atoms. The van der Waals surface area contributed by atoms with Crippen LogP contribution in [0.2, 0.25) is 0 Å². The zero-order valence-electron chi connectivity index (χ0n) is 9.39. The van der Waals surface area contributed by atoms with Crippen LogP contribution in [0.15, 0.2) is 0 Å². The van der Waals surface area contributed by atoms with Crippen LogP contribution in [-0.4, -0.2) is 45.9 Å². The number of hydrogen-bond donors (Lipinski definition) is 3. The maximum absolute atomic E-state index is 10.9. The number of ether oxygens (including phenoxy) is 1. The van der Waals surface area contributed by atoms with Gasteiger partial charge in [0.2, 0.25) is 0 Å². The number of carbonyl (C=O) groups excluding carboxylic acids is 1. The van der Waals surface area contributed by atoms with Crippen molar-refractivity contribution in [2.45, 2.75) is 18.4 Å². The molecule has 0 aromatic carbocycles. The molecule has 0 bridgehead atoms. The van der Waals surface area contributed by atoms with Crippen LogP contribution in [0.25, 0.3) is 0 Å². The van der Waals surface area contributed by atoms with Gasteiger partial charge in [-0.05, 0) is 0 Å². The molecule has 0 saturated heterocycles. The van der Waals surface area contributed by atoms with Gasteiger partial charge in [0, 0.05) is 0 Å². The van der Waals surface area contributed by atoms with Crippen LogP contribution in [0.1, 0.15) is 14.3 Å². The van der Waals surface area contributed by atoms with Gasteiger partial charge in [0.05, 0.1) is 20.0 Å². The molecule has 0 amide bonds. The number of aliphatic carboxylic acids is 2. The Morgan fingerprint density at radius 2 is 1.53 bits per heavy atom. The maximum atomic E-state index is 10.9. The molecule has 0 heterocycles. The van der Waals surface area contributed by atoms with E-state index in [1.54, 1.807) is 0 Å². The summed E-state index contributed by atoms with van der Waals surface area (Å²) in [5, 5.41) is 26.1. The molecular formula is C7H11NaO7. The van der Waals surface area contributed by atoms with E-state index in [9.17, 15) is 19.5 Å². The van der Waals surface area contributed by atoms with E-state index in [-0.39, 0.29) is 31.0 Å². The van der Waals surface area contributed by atoms with Gasteiger partial charge in [-0.2, -0.15) is 0 Å². The van der Waals surface area contributed by atoms with Crippen LogP contribution in [0, 0.1) is 0 Å². The minimum atomic E-state index is -2.51. The van der Waals surface area contributed by atoms with Gasteiger partial charge in [0.15, 0.2) is 5.60 Å². The van der Waals surface area contributed by atoms with Gasteiger partial charge < -0.3 is 21.5 Å². The second-order valence-electron chi connectivity index (χ2n) is 2.66. The monoisotopic (exact) mass is 230 g/mol. The summed E-state index contributed by atoms with van der Waals surface area (Å²) in [7, 11) is 0.928. The third kappa shape index (κ3) is 5.73. The summed E-state index contributed by atoms with van der Waals surface area (Å²) in [6, 6.07) is 0. The van der Waals surface area contributed by atoms with E-state index in [0.29, 0.717) is 0 Å². The van der Waals surface area contributed by atoms with Crippen molar-refractivity contribution in [2.24, 2.45) is 0 Å². The molecule has 0 rings (SSSR count). The van der Waals surface area contributed by atoms with Crippen molar-refractivity contribution in [1.29, 1.82) is 0 Å². The molecule has 0 aromatic heterocycles. The molecule has 7 nitrogen and oxygen atoms in total. The number of carbonyl (C=O) groups is 3. The number of carboxylic acid groups (broad SMARTS) is 2. The van der Waals surface area contributed by atoms with E-state index in [2.05, 4.69) is 4.74 Å². The zero-order valence-corrected chi connectivity index (χ0v) is 10.4. The van der Waals surface area contributed by atoms with Crippen molar-refractivity contribution < 1.29 is 65.4 Å². The normalized spacial score (nSPS) is 10.0. The fraction of sp³-hybridized carbons (Fsp3) is 0.571. The predicted molar refractivity (Wildman–Crippen MR) is 42.6 cm³/mol. The van der Waals surface area contributed by atoms with Crippen LogP contribution >= 0.6 is 0 Å². The molecule has 0 aliphatic rings. The quantitative estimate of drug-likeness (QED) is 0.324. The molecule has 0 aliphatic heterocycles. The van der Waals surface area contributed by atoms with Gasteiger partial charge in [-0.3, -0.25) is 9.59 Å². The summed E-state index contributed by atoms with van der Waals surface area (Å²) in [4.78, 5) is 31.4. The molecule has 0 spiro atoms. The van der Waals surface area contributed by atoms with Crippen LogP contribution < -0.4 is 29.6 Å². The van der Waals surface area contributed by atoms with E-state index in [4.69, 9.17) is 10.2 Å². The number of rotatable bonds is 5. The Balaban J connectivity index is -0.000000845. The average molecular weight is 230 g/mol. The Hall–Kier alpha value is -0.630. The van der Waals surface area contributed by atoms with Crippen molar-refractivity contribution in [3.63, 3.8) is 0 Å². The first-order chi connectivity index (χ1) is 6.31. The van der Waals surface area contributed by atoms with Gasteiger partial charge in [-0.1, -0.05) is 0 Å². The van der Waals surface area contributed by atoms with Gasteiger partial charge in [-0.25, -0.2) is 4.79 Å². The molecule has 0 aromatic rings. The van der Waals surface area contributed by atoms with E-state index in [0.717, 1.165) is 7.11 Å². The van der Waals surface area contributed by atoms with Crippen LogP contribution in [0.4, 0.5) is 0 Å². The Morgan fingerprint density at radius 3 is 1.73 bits per heavy atom. The summed E-state index contributed by atoms with van der Waals surface area (Å²) in [6.45, 7) is 0. The maximum Gasteiger partial charge on any atom is 1.00 e. The Labute approximate surface area is 109 Å². The van der Waals surface area contributed by atoms with E-state index in [1.807, 2.05) is 0 Å². The van der Waals surface area contributed by atoms with Gasteiger partial charge in [0.1, 0.15) is 0 Å². The van der Waals surface area contributed by atoms with Crippen molar-refractivity contribution in [1.82, 2.24) is 0 Å². The summed E-state index contributed by atoms with van der Waals surface area (Å²) in [5.74, 6) is -4.25. The average Bonchev–Trinajstić information content (AvgIpc) is 1.99. The standard InChI is InChI=1S/C7H10O7.Na.H/c1-14-6(12)7(13,2-4(8)9)3-5(10)11;;/h13H,2-3H2,1H3,(H,8,9)(H,10,11);;/q;+1;-1. The number of hydrogen-bond acceptors (Lipinski definition) is 5. The number of methoxy groups -OCH3 is 1. The summed E-state index contributed by atoms with van der Waals surface area (Å²) < 4.78 is 4.10. The minimum Gasteiger partial charge on any atom is -1.00 e. The number of carboxylic acids is 2. The molecule has 0 radical (unpaired) electrons.